The van der Waals surface area contributed by atoms with Gasteiger partial charge >= 0.3 is 0 Å². The van der Waals surface area contributed by atoms with E-state index in [2.05, 4.69) is 0 Å². The Bertz CT molecular complexity index is 708. The highest BCUT2D eigenvalue weighted by Gasteiger charge is 2.44. The molecule has 1 aliphatic rings. The molecule has 5 atom stereocenters. The van der Waals surface area contributed by atoms with Crippen LogP contribution in [0.15, 0.2) is 48.5 Å². The van der Waals surface area contributed by atoms with Crippen molar-refractivity contribution in [1.29, 1.82) is 0 Å². The fourth-order valence-electron chi connectivity index (χ4n) is 2.70. The van der Waals surface area contributed by atoms with Crippen LogP contribution < -0.4 is 4.74 Å². The minimum absolute atomic E-state index is 0.255. The van der Waals surface area contributed by atoms with Gasteiger partial charge in [-0.05, 0) is 23.3 Å². The van der Waals surface area contributed by atoms with Crippen molar-refractivity contribution in [2.45, 2.75) is 30.7 Å². The second-order valence-electron chi connectivity index (χ2n) is 5.83. The van der Waals surface area contributed by atoms with Gasteiger partial charge < -0.3 is 29.9 Å². The smallest absolute Gasteiger partial charge is 0.229 e. The SMILES string of the molecule is OC[C@H]1O[C@H](Oc2ccc(-c3ccccc3)cc2Cl)[C@@H](O)[C@@H](O)[C@@H]1O. The molecule has 25 heavy (non-hydrogen) atoms. The summed E-state index contributed by atoms with van der Waals surface area (Å²) in [5.74, 6) is 0.255. The van der Waals surface area contributed by atoms with Crippen molar-refractivity contribution in [2.24, 2.45) is 0 Å². The molecule has 4 N–H and O–H groups in total. The van der Waals surface area contributed by atoms with Crippen LogP contribution in [0.1, 0.15) is 0 Å². The fourth-order valence-corrected chi connectivity index (χ4v) is 2.92. The van der Waals surface area contributed by atoms with Gasteiger partial charge in [0.15, 0.2) is 0 Å². The first kappa shape index (κ1) is 18.1. The lowest BCUT2D eigenvalue weighted by Gasteiger charge is -2.39. The number of aliphatic hydroxyl groups is 4. The van der Waals surface area contributed by atoms with Gasteiger partial charge in [0.1, 0.15) is 30.2 Å². The van der Waals surface area contributed by atoms with E-state index in [1.54, 1.807) is 18.2 Å². The molecule has 2 aromatic rings. The number of ether oxygens (including phenoxy) is 2. The number of hydrogen-bond donors (Lipinski definition) is 4. The van der Waals surface area contributed by atoms with E-state index in [-0.39, 0.29) is 5.75 Å². The molecule has 7 heteroatoms. The number of hydrogen-bond acceptors (Lipinski definition) is 6. The molecule has 1 heterocycles. The summed E-state index contributed by atoms with van der Waals surface area (Å²) >= 11 is 6.26. The van der Waals surface area contributed by atoms with E-state index in [1.807, 2.05) is 30.3 Å². The molecule has 0 spiro atoms. The Morgan fingerprint density at radius 1 is 0.920 bits per heavy atom. The van der Waals surface area contributed by atoms with Gasteiger partial charge in [-0.25, -0.2) is 0 Å². The summed E-state index contributed by atoms with van der Waals surface area (Å²) in [5, 5.41) is 39.1. The molecule has 0 unspecified atom stereocenters. The van der Waals surface area contributed by atoms with E-state index in [9.17, 15) is 20.4 Å². The quantitative estimate of drug-likeness (QED) is 0.648. The van der Waals surface area contributed by atoms with Crippen molar-refractivity contribution in [3.63, 3.8) is 0 Å². The maximum Gasteiger partial charge on any atom is 0.229 e. The average molecular weight is 367 g/mol. The van der Waals surface area contributed by atoms with Gasteiger partial charge in [0.2, 0.25) is 6.29 Å². The van der Waals surface area contributed by atoms with E-state index in [0.717, 1.165) is 11.1 Å². The van der Waals surface area contributed by atoms with Crippen LogP contribution in [-0.4, -0.2) is 57.7 Å². The van der Waals surface area contributed by atoms with E-state index >= 15 is 0 Å². The van der Waals surface area contributed by atoms with Gasteiger partial charge in [0, 0.05) is 0 Å². The molecule has 0 aliphatic carbocycles. The van der Waals surface area contributed by atoms with Crippen LogP contribution in [0.3, 0.4) is 0 Å². The van der Waals surface area contributed by atoms with Crippen LogP contribution in [0.5, 0.6) is 5.75 Å². The Kier molecular flexibility index (Phi) is 5.58. The highest BCUT2D eigenvalue weighted by Crippen LogP contribution is 2.33. The molecule has 0 aromatic heterocycles. The second-order valence-corrected chi connectivity index (χ2v) is 6.23. The number of benzene rings is 2. The summed E-state index contributed by atoms with van der Waals surface area (Å²) in [6.07, 6.45) is -6.72. The molecule has 1 aliphatic heterocycles. The zero-order chi connectivity index (χ0) is 18.0. The molecule has 0 radical (unpaired) electrons. The van der Waals surface area contributed by atoms with Crippen LogP contribution in [0, 0.1) is 0 Å². The third kappa shape index (κ3) is 3.79. The summed E-state index contributed by atoms with van der Waals surface area (Å²) in [6, 6.07) is 14.8. The van der Waals surface area contributed by atoms with Crippen molar-refractivity contribution in [2.75, 3.05) is 6.61 Å². The lowest BCUT2D eigenvalue weighted by atomic mass is 9.99. The molecule has 1 fully saturated rings. The third-order valence-electron chi connectivity index (χ3n) is 4.13. The molecule has 6 nitrogen and oxygen atoms in total. The molecule has 0 saturated carbocycles. The van der Waals surface area contributed by atoms with Crippen molar-refractivity contribution < 1.29 is 29.9 Å². The normalized spacial score (nSPS) is 29.4. The zero-order valence-electron chi connectivity index (χ0n) is 13.2. The van der Waals surface area contributed by atoms with Gasteiger partial charge in [-0.3, -0.25) is 0 Å². The average Bonchev–Trinajstić information content (AvgIpc) is 2.64. The molecular weight excluding hydrogens is 348 g/mol. The second kappa shape index (κ2) is 7.70. The largest absolute Gasteiger partial charge is 0.460 e. The number of aliphatic hydroxyl groups excluding tert-OH is 4. The van der Waals surface area contributed by atoms with E-state index in [0.29, 0.717) is 5.02 Å². The van der Waals surface area contributed by atoms with Gasteiger partial charge in [-0.1, -0.05) is 48.0 Å². The number of rotatable bonds is 4. The lowest BCUT2D eigenvalue weighted by molar-refractivity contribution is -0.277. The van der Waals surface area contributed by atoms with Crippen LogP contribution in [0.4, 0.5) is 0 Å². The van der Waals surface area contributed by atoms with Crippen LogP contribution in [0.2, 0.25) is 5.02 Å². The van der Waals surface area contributed by atoms with Crippen molar-refractivity contribution >= 4 is 11.6 Å². The first-order valence-corrected chi connectivity index (χ1v) is 8.21. The van der Waals surface area contributed by atoms with Gasteiger partial charge in [0.05, 0.1) is 11.6 Å². The van der Waals surface area contributed by atoms with Gasteiger partial charge in [-0.15, -0.1) is 0 Å². The maximum absolute atomic E-state index is 10.0. The van der Waals surface area contributed by atoms with E-state index in [4.69, 9.17) is 21.1 Å². The standard InChI is InChI=1S/C18H19ClO6/c19-12-8-11(10-4-2-1-3-5-10)6-7-13(12)24-18-17(23)16(22)15(21)14(9-20)25-18/h1-8,14-18,20-23H,9H2/t14-,15-,16+,17+,18+/m1/s1. The topological polar surface area (TPSA) is 99.4 Å². The molecule has 0 bridgehead atoms. The molecular formula is C18H19ClO6. The van der Waals surface area contributed by atoms with Crippen molar-refractivity contribution in [3.8, 4) is 16.9 Å². The monoisotopic (exact) mass is 366 g/mol. The fraction of sp³-hybridized carbons (Fsp3) is 0.333. The minimum atomic E-state index is -1.50. The first-order chi connectivity index (χ1) is 12.0. The predicted octanol–water partition coefficient (Wildman–Crippen LogP) is 1.19. The summed E-state index contributed by atoms with van der Waals surface area (Å²) in [7, 11) is 0. The third-order valence-corrected chi connectivity index (χ3v) is 4.43. The number of halogens is 1. The Morgan fingerprint density at radius 3 is 2.28 bits per heavy atom. The molecule has 134 valence electrons. The van der Waals surface area contributed by atoms with E-state index in [1.165, 1.54) is 0 Å². The highest BCUT2D eigenvalue weighted by atomic mass is 35.5. The van der Waals surface area contributed by atoms with Crippen LogP contribution in [-0.2, 0) is 4.74 Å². The molecule has 0 amide bonds. The van der Waals surface area contributed by atoms with Crippen molar-refractivity contribution in [3.05, 3.63) is 53.6 Å². The molecule has 1 saturated heterocycles. The summed E-state index contributed by atoms with van der Waals surface area (Å²) in [6.45, 7) is -0.522. The highest BCUT2D eigenvalue weighted by molar-refractivity contribution is 6.32. The lowest BCUT2D eigenvalue weighted by Crippen LogP contribution is -2.60. The van der Waals surface area contributed by atoms with Crippen molar-refractivity contribution in [1.82, 2.24) is 0 Å². The predicted molar refractivity (Wildman–Crippen MR) is 91.3 cm³/mol. The zero-order valence-corrected chi connectivity index (χ0v) is 14.0. The Labute approximate surface area is 149 Å². The van der Waals surface area contributed by atoms with Gasteiger partial charge in [0.25, 0.3) is 0 Å². The molecule has 2 aromatic carbocycles. The first-order valence-electron chi connectivity index (χ1n) is 7.83. The van der Waals surface area contributed by atoms with Gasteiger partial charge in [-0.2, -0.15) is 0 Å². The van der Waals surface area contributed by atoms with E-state index < -0.39 is 37.3 Å². The molecule has 3 rings (SSSR count). The Morgan fingerprint density at radius 2 is 1.64 bits per heavy atom. The maximum atomic E-state index is 10.0. The Hall–Kier alpha value is -1.67. The minimum Gasteiger partial charge on any atom is -0.460 e. The summed E-state index contributed by atoms with van der Waals surface area (Å²) < 4.78 is 10.9. The summed E-state index contributed by atoms with van der Waals surface area (Å²) in [4.78, 5) is 0. The summed E-state index contributed by atoms with van der Waals surface area (Å²) in [5.41, 5.74) is 1.88. The van der Waals surface area contributed by atoms with Crippen LogP contribution in [0.25, 0.3) is 11.1 Å². The Balaban J connectivity index is 1.78. The van der Waals surface area contributed by atoms with Crippen LogP contribution >= 0.6 is 11.6 Å².